The summed E-state index contributed by atoms with van der Waals surface area (Å²) >= 11 is 4.96. The van der Waals surface area contributed by atoms with Crippen LogP contribution in [0.15, 0.2) is 42.5 Å². The summed E-state index contributed by atoms with van der Waals surface area (Å²) in [5.74, 6) is -1.69. The maximum Gasteiger partial charge on any atom is 0.419 e. The van der Waals surface area contributed by atoms with E-state index in [2.05, 4.69) is 5.32 Å². The molecule has 1 N–H and O–H groups in total. The van der Waals surface area contributed by atoms with Gasteiger partial charge in [0.05, 0.1) is 10.7 Å². The van der Waals surface area contributed by atoms with Gasteiger partial charge in [0, 0.05) is 24.4 Å². The molecule has 2 aromatic carbocycles. The van der Waals surface area contributed by atoms with Gasteiger partial charge < -0.3 is 10.1 Å². The second kappa shape index (κ2) is 7.83. The zero-order chi connectivity index (χ0) is 17.7. The minimum Gasteiger partial charge on any atom is -0.410 e. The molecule has 24 heavy (non-hydrogen) atoms. The van der Waals surface area contributed by atoms with Crippen LogP contribution in [0.3, 0.4) is 0 Å². The van der Waals surface area contributed by atoms with E-state index >= 15 is 0 Å². The Labute approximate surface area is 144 Å². The molecule has 2 rings (SSSR count). The second-order valence-corrected chi connectivity index (χ2v) is 5.53. The highest BCUT2D eigenvalue weighted by atomic mass is 32.1. The van der Waals surface area contributed by atoms with Crippen LogP contribution in [-0.2, 0) is 0 Å². The lowest BCUT2D eigenvalue weighted by atomic mass is 10.2. The first-order valence-electron chi connectivity index (χ1n) is 7.22. The van der Waals surface area contributed by atoms with Crippen LogP contribution in [0.2, 0.25) is 0 Å². The molecule has 0 radical (unpaired) electrons. The molecule has 0 bridgehead atoms. The molecule has 0 unspecified atom stereocenters. The van der Waals surface area contributed by atoms with Crippen LogP contribution in [0.25, 0.3) is 0 Å². The van der Waals surface area contributed by atoms with Crippen LogP contribution >= 0.6 is 12.2 Å². The highest BCUT2D eigenvalue weighted by Crippen LogP contribution is 2.22. The zero-order valence-corrected chi connectivity index (χ0v) is 14.0. The number of rotatable bonds is 4. The third-order valence-corrected chi connectivity index (χ3v) is 3.21. The molecule has 0 heterocycles. The summed E-state index contributed by atoms with van der Waals surface area (Å²) in [5.41, 5.74) is 0.897. The van der Waals surface area contributed by atoms with E-state index in [4.69, 9.17) is 17.0 Å². The fourth-order valence-electron chi connectivity index (χ4n) is 2.07. The van der Waals surface area contributed by atoms with E-state index in [1.807, 2.05) is 0 Å². The van der Waals surface area contributed by atoms with Crippen molar-refractivity contribution >= 4 is 34.7 Å². The number of hydrogen-bond acceptors (Lipinski definition) is 3. The second-order valence-electron chi connectivity index (χ2n) is 4.92. The number of thiocarbonyl (C=S) groups is 1. The lowest BCUT2D eigenvalue weighted by molar-refractivity contribution is 0.208. The maximum atomic E-state index is 13.4. The smallest absolute Gasteiger partial charge is 0.410 e. The predicted molar refractivity (Wildman–Crippen MR) is 93.7 cm³/mol. The first-order valence-corrected chi connectivity index (χ1v) is 7.63. The number of nitrogens with zero attached hydrogens (tertiary/aromatic N) is 1. The standard InChI is InChI=1S/C17H16F2N2O2S/c1-3-21(13-7-8-15(18)16(19)10-13)17(22)23-14-6-4-5-12(9-14)20-11(2)24/h4-10H,3H2,1-2H3,(H,20,24). The highest BCUT2D eigenvalue weighted by molar-refractivity contribution is 7.80. The summed E-state index contributed by atoms with van der Waals surface area (Å²) in [6.45, 7) is 3.67. The van der Waals surface area contributed by atoms with Crippen molar-refractivity contribution in [2.45, 2.75) is 13.8 Å². The van der Waals surface area contributed by atoms with Crippen LogP contribution in [0.5, 0.6) is 5.75 Å². The van der Waals surface area contributed by atoms with Gasteiger partial charge in [-0.05, 0) is 38.1 Å². The van der Waals surface area contributed by atoms with Gasteiger partial charge in [-0.2, -0.15) is 0 Å². The van der Waals surface area contributed by atoms with Gasteiger partial charge in [0.25, 0.3) is 0 Å². The Morgan fingerprint density at radius 2 is 1.96 bits per heavy atom. The van der Waals surface area contributed by atoms with Crippen molar-refractivity contribution in [1.82, 2.24) is 0 Å². The SMILES string of the molecule is CCN(C(=O)Oc1cccc(NC(C)=S)c1)c1ccc(F)c(F)c1. The predicted octanol–water partition coefficient (Wildman–Crippen LogP) is 4.75. The Morgan fingerprint density at radius 1 is 1.21 bits per heavy atom. The molecular weight excluding hydrogens is 334 g/mol. The molecular formula is C17H16F2N2O2S. The Balaban J connectivity index is 2.17. The van der Waals surface area contributed by atoms with Crippen LogP contribution in [0.4, 0.5) is 25.0 Å². The summed E-state index contributed by atoms with van der Waals surface area (Å²) in [6, 6.07) is 9.95. The maximum absolute atomic E-state index is 13.4. The summed E-state index contributed by atoms with van der Waals surface area (Å²) < 4.78 is 31.7. The molecule has 0 spiro atoms. The average molecular weight is 350 g/mol. The van der Waals surface area contributed by atoms with Crippen molar-refractivity contribution < 1.29 is 18.3 Å². The number of halogens is 2. The third kappa shape index (κ3) is 4.48. The Morgan fingerprint density at radius 3 is 2.58 bits per heavy atom. The largest absolute Gasteiger partial charge is 0.419 e. The van der Waals surface area contributed by atoms with Gasteiger partial charge in [0.1, 0.15) is 5.75 Å². The van der Waals surface area contributed by atoms with Gasteiger partial charge in [-0.3, -0.25) is 4.90 Å². The Hall–Kier alpha value is -2.54. The van der Waals surface area contributed by atoms with Crippen molar-refractivity contribution in [3.05, 3.63) is 54.1 Å². The van der Waals surface area contributed by atoms with E-state index in [9.17, 15) is 13.6 Å². The van der Waals surface area contributed by atoms with Crippen LogP contribution in [-0.4, -0.2) is 17.6 Å². The molecule has 0 atom stereocenters. The molecule has 126 valence electrons. The lowest BCUT2D eigenvalue weighted by Gasteiger charge is -2.20. The molecule has 4 nitrogen and oxygen atoms in total. The molecule has 2 aromatic rings. The molecule has 0 aliphatic rings. The molecule has 0 aromatic heterocycles. The molecule has 0 saturated carbocycles. The van der Waals surface area contributed by atoms with Gasteiger partial charge in [0.15, 0.2) is 11.6 Å². The van der Waals surface area contributed by atoms with E-state index < -0.39 is 17.7 Å². The van der Waals surface area contributed by atoms with Crippen molar-refractivity contribution in [2.75, 3.05) is 16.8 Å². The fourth-order valence-corrected chi connectivity index (χ4v) is 2.18. The normalized spacial score (nSPS) is 10.2. The molecule has 1 amide bonds. The summed E-state index contributed by atoms with van der Waals surface area (Å²) in [5, 5.41) is 2.94. The minimum atomic E-state index is -1.03. The van der Waals surface area contributed by atoms with Gasteiger partial charge >= 0.3 is 6.09 Å². The van der Waals surface area contributed by atoms with Gasteiger partial charge in [0.2, 0.25) is 0 Å². The van der Waals surface area contributed by atoms with E-state index in [0.717, 1.165) is 12.1 Å². The molecule has 0 fully saturated rings. The molecule has 0 aliphatic heterocycles. The Bertz CT molecular complexity index is 768. The number of ether oxygens (including phenoxy) is 1. The van der Waals surface area contributed by atoms with Crippen molar-refractivity contribution in [3.63, 3.8) is 0 Å². The first-order chi connectivity index (χ1) is 11.4. The number of carbonyl (C=O) groups is 1. The first kappa shape index (κ1) is 17.8. The number of nitrogens with one attached hydrogen (secondary N) is 1. The zero-order valence-electron chi connectivity index (χ0n) is 13.2. The van der Waals surface area contributed by atoms with Gasteiger partial charge in [-0.1, -0.05) is 18.3 Å². The monoisotopic (exact) mass is 350 g/mol. The molecule has 7 heteroatoms. The fraction of sp³-hybridized carbons (Fsp3) is 0.176. The number of hydrogen-bond donors (Lipinski definition) is 1. The number of benzene rings is 2. The Kier molecular flexibility index (Phi) is 5.81. The van der Waals surface area contributed by atoms with Crippen LogP contribution in [0, 0.1) is 11.6 Å². The topological polar surface area (TPSA) is 41.6 Å². The third-order valence-electron chi connectivity index (χ3n) is 3.11. The van der Waals surface area contributed by atoms with E-state index in [0.29, 0.717) is 16.4 Å². The van der Waals surface area contributed by atoms with Crippen molar-refractivity contribution in [1.29, 1.82) is 0 Å². The van der Waals surface area contributed by atoms with Crippen molar-refractivity contribution in [2.24, 2.45) is 0 Å². The highest BCUT2D eigenvalue weighted by Gasteiger charge is 2.18. The van der Waals surface area contributed by atoms with Crippen molar-refractivity contribution in [3.8, 4) is 5.75 Å². The van der Waals surface area contributed by atoms with E-state index in [1.54, 1.807) is 38.1 Å². The quantitative estimate of drug-likeness (QED) is 0.808. The number of carbonyl (C=O) groups excluding carboxylic acids is 1. The average Bonchev–Trinajstić information content (AvgIpc) is 2.51. The summed E-state index contributed by atoms with van der Waals surface area (Å²) in [6.07, 6.45) is -0.695. The van der Waals surface area contributed by atoms with Gasteiger partial charge in [-0.25, -0.2) is 13.6 Å². The molecule has 0 saturated heterocycles. The van der Waals surface area contributed by atoms with E-state index in [1.165, 1.54) is 11.0 Å². The lowest BCUT2D eigenvalue weighted by Crippen LogP contribution is -2.33. The number of amides is 1. The minimum absolute atomic E-state index is 0.213. The molecule has 0 aliphatic carbocycles. The number of anilines is 2. The summed E-state index contributed by atoms with van der Waals surface area (Å²) in [4.78, 5) is 14.1. The van der Waals surface area contributed by atoms with Crippen LogP contribution in [0.1, 0.15) is 13.8 Å². The van der Waals surface area contributed by atoms with Gasteiger partial charge in [-0.15, -0.1) is 0 Å². The van der Waals surface area contributed by atoms with E-state index in [-0.39, 0.29) is 12.2 Å². The van der Waals surface area contributed by atoms with Crippen LogP contribution < -0.4 is 15.0 Å². The summed E-state index contributed by atoms with van der Waals surface area (Å²) in [7, 11) is 0.